The van der Waals surface area contributed by atoms with Gasteiger partial charge >= 0.3 is 0 Å². The average Bonchev–Trinajstić information content (AvgIpc) is 3.20. The van der Waals surface area contributed by atoms with E-state index in [-0.39, 0.29) is 5.91 Å². The quantitative estimate of drug-likeness (QED) is 0.806. The molecule has 0 aromatic heterocycles. The highest BCUT2D eigenvalue weighted by Gasteiger charge is 2.34. The van der Waals surface area contributed by atoms with Crippen molar-refractivity contribution in [1.29, 1.82) is 0 Å². The van der Waals surface area contributed by atoms with Crippen molar-refractivity contribution in [3.63, 3.8) is 0 Å². The summed E-state index contributed by atoms with van der Waals surface area (Å²) in [5, 5.41) is 3.63. The van der Waals surface area contributed by atoms with Gasteiger partial charge < -0.3 is 15.0 Å². The molecule has 1 amide bonds. The van der Waals surface area contributed by atoms with E-state index in [1.807, 2.05) is 18.7 Å². The maximum absolute atomic E-state index is 12.2. The van der Waals surface area contributed by atoms with E-state index >= 15 is 0 Å². The average molecular weight is 254 g/mol. The van der Waals surface area contributed by atoms with Crippen molar-refractivity contribution >= 4 is 5.91 Å². The van der Waals surface area contributed by atoms with Crippen molar-refractivity contribution in [3.05, 3.63) is 0 Å². The van der Waals surface area contributed by atoms with Crippen LogP contribution in [0.5, 0.6) is 0 Å². The van der Waals surface area contributed by atoms with Crippen LogP contribution < -0.4 is 5.32 Å². The largest absolute Gasteiger partial charge is 0.369 e. The molecule has 0 radical (unpaired) electrons. The van der Waals surface area contributed by atoms with Gasteiger partial charge in [0.05, 0.1) is 0 Å². The van der Waals surface area contributed by atoms with Gasteiger partial charge in [0.25, 0.3) is 5.91 Å². The van der Waals surface area contributed by atoms with E-state index in [0.717, 1.165) is 31.8 Å². The number of carbonyl (C=O) groups excluding carboxylic acids is 1. The standard InChI is InChI=1S/C14H26N2O2/c1-14(2,18-3)13(17)16-8-6-12(7-9-16)15-10-11-4-5-11/h11-12,15H,4-10H2,1-3H3. The molecule has 1 heterocycles. The van der Waals surface area contributed by atoms with Gasteiger partial charge in [0.1, 0.15) is 5.60 Å². The lowest BCUT2D eigenvalue weighted by molar-refractivity contribution is -0.152. The Morgan fingerprint density at radius 3 is 2.39 bits per heavy atom. The van der Waals surface area contributed by atoms with Crippen LogP contribution in [-0.2, 0) is 9.53 Å². The number of nitrogens with one attached hydrogen (secondary N) is 1. The highest BCUT2D eigenvalue weighted by Crippen LogP contribution is 2.28. The molecule has 104 valence electrons. The van der Waals surface area contributed by atoms with Gasteiger partial charge in [-0.05, 0) is 52.0 Å². The summed E-state index contributed by atoms with van der Waals surface area (Å²) in [5.74, 6) is 1.04. The number of carbonyl (C=O) groups is 1. The number of piperidine rings is 1. The molecule has 1 saturated carbocycles. The highest BCUT2D eigenvalue weighted by atomic mass is 16.5. The predicted molar refractivity (Wildman–Crippen MR) is 71.4 cm³/mol. The second-order valence-corrected chi connectivity index (χ2v) is 6.13. The first kappa shape index (κ1) is 13.8. The fraction of sp³-hybridized carbons (Fsp3) is 0.929. The molecule has 1 aliphatic carbocycles. The third-order valence-electron chi connectivity index (χ3n) is 4.20. The molecular formula is C14H26N2O2. The fourth-order valence-electron chi connectivity index (χ4n) is 2.41. The molecule has 1 aliphatic heterocycles. The zero-order valence-electron chi connectivity index (χ0n) is 11.9. The first-order valence-corrected chi connectivity index (χ1v) is 7.11. The predicted octanol–water partition coefficient (Wildman–Crippen LogP) is 1.40. The van der Waals surface area contributed by atoms with Crippen molar-refractivity contribution in [3.8, 4) is 0 Å². The second kappa shape index (κ2) is 5.57. The van der Waals surface area contributed by atoms with Crippen LogP contribution in [0.2, 0.25) is 0 Å². The van der Waals surface area contributed by atoms with E-state index in [4.69, 9.17) is 4.74 Å². The molecule has 18 heavy (non-hydrogen) atoms. The molecule has 0 atom stereocenters. The normalized spacial score (nSPS) is 22.3. The Morgan fingerprint density at radius 2 is 1.89 bits per heavy atom. The zero-order valence-corrected chi connectivity index (χ0v) is 11.9. The number of rotatable bonds is 5. The molecule has 0 aromatic carbocycles. The summed E-state index contributed by atoms with van der Waals surface area (Å²) in [4.78, 5) is 14.2. The molecule has 0 bridgehead atoms. The lowest BCUT2D eigenvalue weighted by atomic mass is 10.0. The van der Waals surface area contributed by atoms with E-state index in [2.05, 4.69) is 5.32 Å². The number of hydrogen-bond acceptors (Lipinski definition) is 3. The second-order valence-electron chi connectivity index (χ2n) is 6.13. The zero-order chi connectivity index (χ0) is 13.2. The smallest absolute Gasteiger partial charge is 0.254 e. The van der Waals surface area contributed by atoms with Crippen molar-refractivity contribution in [2.75, 3.05) is 26.7 Å². The van der Waals surface area contributed by atoms with Crippen LogP contribution in [0.4, 0.5) is 0 Å². The van der Waals surface area contributed by atoms with Crippen molar-refractivity contribution in [2.24, 2.45) is 5.92 Å². The Bertz CT molecular complexity index is 292. The van der Waals surface area contributed by atoms with Gasteiger partial charge in [-0.15, -0.1) is 0 Å². The van der Waals surface area contributed by atoms with Gasteiger partial charge in [-0.3, -0.25) is 4.79 Å². The van der Waals surface area contributed by atoms with Gasteiger partial charge in [0, 0.05) is 26.2 Å². The van der Waals surface area contributed by atoms with Crippen molar-refractivity contribution < 1.29 is 9.53 Å². The molecule has 1 saturated heterocycles. The van der Waals surface area contributed by atoms with Crippen LogP contribution in [0.25, 0.3) is 0 Å². The van der Waals surface area contributed by atoms with Crippen LogP contribution in [0, 0.1) is 5.92 Å². The molecular weight excluding hydrogens is 228 g/mol. The molecule has 4 heteroatoms. The summed E-state index contributed by atoms with van der Waals surface area (Å²) < 4.78 is 5.26. The van der Waals surface area contributed by atoms with E-state index in [9.17, 15) is 4.79 Å². The van der Waals surface area contributed by atoms with Crippen LogP contribution >= 0.6 is 0 Å². The lowest BCUT2D eigenvalue weighted by Crippen LogP contribution is -2.52. The molecule has 0 aromatic rings. The first-order valence-electron chi connectivity index (χ1n) is 7.11. The molecule has 2 fully saturated rings. The number of hydrogen-bond donors (Lipinski definition) is 1. The number of amides is 1. The monoisotopic (exact) mass is 254 g/mol. The number of nitrogens with zero attached hydrogens (tertiary/aromatic N) is 1. The maximum Gasteiger partial charge on any atom is 0.254 e. The summed E-state index contributed by atoms with van der Waals surface area (Å²) in [6, 6.07) is 0.598. The van der Waals surface area contributed by atoms with E-state index in [1.165, 1.54) is 19.4 Å². The summed E-state index contributed by atoms with van der Waals surface area (Å²) >= 11 is 0. The number of likely N-dealkylation sites (tertiary alicyclic amines) is 1. The summed E-state index contributed by atoms with van der Waals surface area (Å²) in [5.41, 5.74) is -0.686. The number of methoxy groups -OCH3 is 1. The van der Waals surface area contributed by atoms with Gasteiger partial charge in [0.15, 0.2) is 0 Å². The Morgan fingerprint density at radius 1 is 1.28 bits per heavy atom. The van der Waals surface area contributed by atoms with Gasteiger partial charge in [-0.25, -0.2) is 0 Å². The molecule has 2 rings (SSSR count). The van der Waals surface area contributed by atoms with Gasteiger partial charge in [-0.1, -0.05) is 0 Å². The summed E-state index contributed by atoms with van der Waals surface area (Å²) in [6.07, 6.45) is 4.93. The molecule has 0 spiro atoms. The molecule has 0 unspecified atom stereocenters. The summed E-state index contributed by atoms with van der Waals surface area (Å²) in [6.45, 7) is 6.56. The Hall–Kier alpha value is -0.610. The minimum absolute atomic E-state index is 0.116. The lowest BCUT2D eigenvalue weighted by Gasteiger charge is -2.36. The van der Waals surface area contributed by atoms with Gasteiger partial charge in [-0.2, -0.15) is 0 Å². The Balaban J connectivity index is 1.73. The Labute approximate surface area is 110 Å². The third-order valence-corrected chi connectivity index (χ3v) is 4.20. The number of ether oxygens (including phenoxy) is 1. The maximum atomic E-state index is 12.2. The topological polar surface area (TPSA) is 41.6 Å². The molecule has 1 N–H and O–H groups in total. The van der Waals surface area contributed by atoms with Crippen LogP contribution in [-0.4, -0.2) is 49.2 Å². The van der Waals surface area contributed by atoms with Gasteiger partial charge in [0.2, 0.25) is 0 Å². The van der Waals surface area contributed by atoms with E-state index in [1.54, 1.807) is 7.11 Å². The highest BCUT2D eigenvalue weighted by molar-refractivity contribution is 5.84. The molecule has 2 aliphatic rings. The van der Waals surface area contributed by atoms with Crippen molar-refractivity contribution in [2.45, 2.75) is 51.2 Å². The van der Waals surface area contributed by atoms with Crippen LogP contribution in [0.1, 0.15) is 39.5 Å². The third kappa shape index (κ3) is 3.45. The van der Waals surface area contributed by atoms with E-state index < -0.39 is 5.60 Å². The minimum atomic E-state index is -0.686. The SMILES string of the molecule is COC(C)(C)C(=O)N1CCC(NCC2CC2)CC1. The summed E-state index contributed by atoms with van der Waals surface area (Å²) in [7, 11) is 1.60. The van der Waals surface area contributed by atoms with Crippen LogP contribution in [0.3, 0.4) is 0 Å². The van der Waals surface area contributed by atoms with Crippen molar-refractivity contribution in [1.82, 2.24) is 10.2 Å². The minimum Gasteiger partial charge on any atom is -0.369 e. The van der Waals surface area contributed by atoms with E-state index in [0.29, 0.717) is 6.04 Å². The first-order chi connectivity index (χ1) is 8.53. The molecule has 4 nitrogen and oxygen atoms in total. The van der Waals surface area contributed by atoms with Crippen LogP contribution in [0.15, 0.2) is 0 Å². The fourth-order valence-corrected chi connectivity index (χ4v) is 2.41. The Kier molecular flexibility index (Phi) is 4.28.